The third-order valence-corrected chi connectivity index (χ3v) is 3.62. The van der Waals surface area contributed by atoms with Gasteiger partial charge >= 0.3 is 5.97 Å². The van der Waals surface area contributed by atoms with Crippen LogP contribution in [0.4, 0.5) is 0 Å². The molecule has 0 unspecified atom stereocenters. The summed E-state index contributed by atoms with van der Waals surface area (Å²) in [6.07, 6.45) is 2.62. The van der Waals surface area contributed by atoms with Gasteiger partial charge in [-0.3, -0.25) is 18.9 Å². The Morgan fingerprint density at radius 2 is 2.35 bits per heavy atom. The first kappa shape index (κ1) is 14.7. The van der Waals surface area contributed by atoms with Crippen LogP contribution in [0.25, 0.3) is 4.96 Å². The molecule has 2 heterocycles. The van der Waals surface area contributed by atoms with Gasteiger partial charge in [-0.05, 0) is 13.0 Å². The summed E-state index contributed by atoms with van der Waals surface area (Å²) in [7, 11) is 1.37. The lowest BCUT2D eigenvalue weighted by atomic mass is 10.3. The Bertz CT molecular complexity index is 650. The van der Waals surface area contributed by atoms with Gasteiger partial charge in [0.25, 0.3) is 5.56 Å². The van der Waals surface area contributed by atoms with E-state index in [1.54, 1.807) is 6.20 Å². The Morgan fingerprint density at radius 1 is 1.55 bits per heavy atom. The average Bonchev–Trinajstić information content (AvgIpc) is 2.87. The molecule has 0 atom stereocenters. The number of esters is 1. The third-order valence-electron chi connectivity index (χ3n) is 2.86. The number of fused-ring (bicyclic) bond motifs is 1. The average molecular weight is 295 g/mol. The summed E-state index contributed by atoms with van der Waals surface area (Å²) in [6, 6.07) is 1.51. The van der Waals surface area contributed by atoms with Gasteiger partial charge < -0.3 is 4.74 Å². The predicted octanol–water partition coefficient (Wildman–Crippen LogP) is 1.14. The van der Waals surface area contributed by atoms with Crippen LogP contribution in [-0.4, -0.2) is 40.5 Å². The molecule has 0 N–H and O–H groups in total. The van der Waals surface area contributed by atoms with Crippen LogP contribution in [0, 0.1) is 0 Å². The number of carbonyl (C=O) groups excluding carboxylic acids is 1. The van der Waals surface area contributed by atoms with Crippen LogP contribution >= 0.6 is 11.3 Å². The van der Waals surface area contributed by atoms with E-state index in [1.165, 1.54) is 28.9 Å². The van der Waals surface area contributed by atoms with Crippen molar-refractivity contribution in [3.05, 3.63) is 33.7 Å². The summed E-state index contributed by atoms with van der Waals surface area (Å²) in [6.45, 7) is 3.46. The molecule has 2 rings (SSSR count). The van der Waals surface area contributed by atoms with Crippen molar-refractivity contribution >= 4 is 22.3 Å². The van der Waals surface area contributed by atoms with E-state index in [0.717, 1.165) is 13.0 Å². The van der Waals surface area contributed by atoms with Crippen LogP contribution in [0.2, 0.25) is 0 Å². The Morgan fingerprint density at radius 3 is 3.05 bits per heavy atom. The van der Waals surface area contributed by atoms with E-state index in [2.05, 4.69) is 9.72 Å². The number of thiazole rings is 1. The topological polar surface area (TPSA) is 63.9 Å². The highest BCUT2D eigenvalue weighted by atomic mass is 32.1. The lowest BCUT2D eigenvalue weighted by Crippen LogP contribution is -2.31. The van der Waals surface area contributed by atoms with Crippen LogP contribution in [0.1, 0.15) is 19.0 Å². The second-order valence-electron chi connectivity index (χ2n) is 4.43. The fourth-order valence-corrected chi connectivity index (χ4v) is 2.71. The molecule has 108 valence electrons. The van der Waals surface area contributed by atoms with Gasteiger partial charge in [0, 0.05) is 24.2 Å². The molecule has 6 nitrogen and oxygen atoms in total. The Kier molecular flexibility index (Phi) is 4.86. The first-order valence-electron chi connectivity index (χ1n) is 6.39. The normalized spacial score (nSPS) is 11.2. The maximum Gasteiger partial charge on any atom is 0.319 e. The Hall–Kier alpha value is -1.73. The molecule has 0 fully saturated rings. The van der Waals surface area contributed by atoms with Gasteiger partial charge in [-0.15, -0.1) is 11.3 Å². The molecule has 7 heteroatoms. The second-order valence-corrected chi connectivity index (χ2v) is 5.30. The van der Waals surface area contributed by atoms with Gasteiger partial charge in [-0.25, -0.2) is 4.98 Å². The summed E-state index contributed by atoms with van der Waals surface area (Å²) in [4.78, 5) is 30.3. The van der Waals surface area contributed by atoms with Gasteiger partial charge in [-0.1, -0.05) is 6.92 Å². The van der Waals surface area contributed by atoms with E-state index in [0.29, 0.717) is 17.2 Å². The van der Waals surface area contributed by atoms with E-state index in [9.17, 15) is 9.59 Å². The summed E-state index contributed by atoms with van der Waals surface area (Å²) in [5.74, 6) is -0.285. The molecule has 2 aromatic heterocycles. The van der Waals surface area contributed by atoms with Crippen LogP contribution in [-0.2, 0) is 16.1 Å². The van der Waals surface area contributed by atoms with E-state index >= 15 is 0 Å². The quantitative estimate of drug-likeness (QED) is 0.748. The maximum absolute atomic E-state index is 11.9. The third kappa shape index (κ3) is 3.43. The lowest BCUT2D eigenvalue weighted by Gasteiger charge is -2.19. The molecule has 0 saturated heterocycles. The first-order chi connectivity index (χ1) is 9.63. The van der Waals surface area contributed by atoms with Crippen LogP contribution in [0.5, 0.6) is 0 Å². The van der Waals surface area contributed by atoms with Crippen molar-refractivity contribution in [3.63, 3.8) is 0 Å². The standard InChI is InChI=1S/C13H17N3O3S/c1-3-4-15(9-12(18)19-2)8-10-7-11(17)16-5-6-20-13(16)14-10/h5-7H,3-4,8-9H2,1-2H3. The summed E-state index contributed by atoms with van der Waals surface area (Å²) in [5.41, 5.74) is 0.579. The zero-order valence-corrected chi connectivity index (χ0v) is 12.4. The van der Waals surface area contributed by atoms with Gasteiger partial charge in [0.1, 0.15) is 0 Å². The molecule has 0 spiro atoms. The van der Waals surface area contributed by atoms with Crippen molar-refractivity contribution in [2.45, 2.75) is 19.9 Å². The molecule has 2 aromatic rings. The van der Waals surface area contributed by atoms with Crippen molar-refractivity contribution in [3.8, 4) is 0 Å². The molecule has 20 heavy (non-hydrogen) atoms. The molecule has 0 saturated carbocycles. The minimum Gasteiger partial charge on any atom is -0.468 e. The van der Waals surface area contributed by atoms with Gasteiger partial charge in [0.05, 0.1) is 19.3 Å². The maximum atomic E-state index is 11.9. The van der Waals surface area contributed by atoms with Crippen molar-refractivity contribution in [2.75, 3.05) is 20.2 Å². The highest BCUT2D eigenvalue weighted by molar-refractivity contribution is 7.15. The molecular formula is C13H17N3O3S. The van der Waals surface area contributed by atoms with Gasteiger partial charge in [0.15, 0.2) is 4.96 Å². The molecular weight excluding hydrogens is 278 g/mol. The van der Waals surface area contributed by atoms with E-state index in [1.807, 2.05) is 17.2 Å². The van der Waals surface area contributed by atoms with Crippen molar-refractivity contribution in [1.29, 1.82) is 0 Å². The van der Waals surface area contributed by atoms with Crippen LogP contribution in [0.3, 0.4) is 0 Å². The SMILES string of the molecule is CCCN(CC(=O)OC)Cc1cc(=O)n2ccsc2n1. The minimum atomic E-state index is -0.285. The smallest absolute Gasteiger partial charge is 0.319 e. The highest BCUT2D eigenvalue weighted by Gasteiger charge is 2.13. The fourth-order valence-electron chi connectivity index (χ4n) is 1.98. The number of hydrogen-bond donors (Lipinski definition) is 0. The summed E-state index contributed by atoms with van der Waals surface area (Å²) < 4.78 is 6.19. The molecule has 0 aliphatic carbocycles. The zero-order chi connectivity index (χ0) is 14.5. The molecule has 0 bridgehead atoms. The number of nitrogens with zero attached hydrogens (tertiary/aromatic N) is 3. The minimum absolute atomic E-state index is 0.0965. The number of carbonyl (C=O) groups is 1. The van der Waals surface area contributed by atoms with Crippen molar-refractivity contribution in [2.24, 2.45) is 0 Å². The number of ether oxygens (including phenoxy) is 1. The number of rotatable bonds is 6. The molecule has 0 aromatic carbocycles. The monoisotopic (exact) mass is 295 g/mol. The van der Waals surface area contributed by atoms with Crippen LogP contribution < -0.4 is 5.56 Å². The second kappa shape index (κ2) is 6.62. The molecule has 0 aliphatic heterocycles. The van der Waals surface area contributed by atoms with Crippen molar-refractivity contribution < 1.29 is 9.53 Å². The fraction of sp³-hybridized carbons (Fsp3) is 0.462. The zero-order valence-electron chi connectivity index (χ0n) is 11.5. The first-order valence-corrected chi connectivity index (χ1v) is 7.27. The summed E-state index contributed by atoms with van der Waals surface area (Å²) >= 11 is 1.42. The van der Waals surface area contributed by atoms with E-state index in [-0.39, 0.29) is 18.1 Å². The Balaban J connectivity index is 2.19. The number of aromatic nitrogens is 2. The highest BCUT2D eigenvalue weighted by Crippen LogP contribution is 2.08. The van der Waals surface area contributed by atoms with E-state index in [4.69, 9.17) is 0 Å². The van der Waals surface area contributed by atoms with Gasteiger partial charge in [-0.2, -0.15) is 0 Å². The Labute approximate surface area is 120 Å². The molecule has 0 radical (unpaired) electrons. The molecule has 0 aliphatic rings. The summed E-state index contributed by atoms with van der Waals surface area (Å²) in [5, 5.41) is 1.83. The number of hydrogen-bond acceptors (Lipinski definition) is 6. The molecule has 0 amide bonds. The number of methoxy groups -OCH3 is 1. The van der Waals surface area contributed by atoms with Crippen LogP contribution in [0.15, 0.2) is 22.4 Å². The van der Waals surface area contributed by atoms with E-state index < -0.39 is 0 Å². The largest absolute Gasteiger partial charge is 0.468 e. The van der Waals surface area contributed by atoms with Gasteiger partial charge in [0.2, 0.25) is 0 Å². The lowest BCUT2D eigenvalue weighted by molar-refractivity contribution is -0.142. The van der Waals surface area contributed by atoms with Crippen molar-refractivity contribution in [1.82, 2.24) is 14.3 Å². The predicted molar refractivity (Wildman–Crippen MR) is 76.9 cm³/mol.